The summed E-state index contributed by atoms with van der Waals surface area (Å²) in [6.45, 7) is -0.0688. The van der Waals surface area contributed by atoms with E-state index in [1.807, 2.05) is 0 Å². The second-order valence-electron chi connectivity index (χ2n) is 7.20. The van der Waals surface area contributed by atoms with Crippen molar-refractivity contribution in [1.29, 1.82) is 0 Å². The lowest BCUT2D eigenvalue weighted by molar-refractivity contribution is -0.0580. The summed E-state index contributed by atoms with van der Waals surface area (Å²) in [6, 6.07) is 7.96. The molecule has 4 atom stereocenters. The number of fused-ring (bicyclic) bond motifs is 1. The maximum Gasteiger partial charge on any atom is 0.240 e. The third kappa shape index (κ3) is 4.18. The first-order chi connectivity index (χ1) is 15.4. The molecule has 4 rings (SSSR count). The molecule has 3 aromatic rings. The molecule has 0 bridgehead atoms. The summed E-state index contributed by atoms with van der Waals surface area (Å²) in [6.07, 6.45) is -2.64. The fraction of sp³-hybridized carbons (Fsp3) is 0.421. The van der Waals surface area contributed by atoms with Crippen LogP contribution in [0.3, 0.4) is 0 Å². The Kier molecular flexibility index (Phi) is 6.37. The molecule has 1 aliphatic heterocycles. The van der Waals surface area contributed by atoms with Gasteiger partial charge in [0.15, 0.2) is 23.2 Å². The van der Waals surface area contributed by atoms with Gasteiger partial charge in [-0.3, -0.25) is 4.57 Å². The molecule has 12 nitrogen and oxygen atoms in total. The molecule has 0 aliphatic carbocycles. The number of aliphatic hydroxyl groups is 2. The molecule has 1 fully saturated rings. The third-order valence-corrected chi connectivity index (χ3v) is 6.54. The predicted molar refractivity (Wildman–Crippen MR) is 113 cm³/mol. The number of aromatic nitrogens is 4. The molecule has 1 aromatic carbocycles. The summed E-state index contributed by atoms with van der Waals surface area (Å²) in [4.78, 5) is 13.2. The van der Waals surface area contributed by atoms with Crippen LogP contribution in [0.2, 0.25) is 0 Å². The number of benzene rings is 1. The van der Waals surface area contributed by atoms with Gasteiger partial charge in [0, 0.05) is 14.2 Å². The molecule has 0 radical (unpaired) electrons. The molecule has 0 amide bonds. The van der Waals surface area contributed by atoms with E-state index in [-0.39, 0.29) is 23.9 Å². The van der Waals surface area contributed by atoms with Crippen LogP contribution in [-0.2, 0) is 26.0 Å². The minimum Gasteiger partial charge on any atom is -0.387 e. The Bertz CT molecular complexity index is 1190. The largest absolute Gasteiger partial charge is 0.387 e. The summed E-state index contributed by atoms with van der Waals surface area (Å²) < 4.78 is 39.8. The van der Waals surface area contributed by atoms with Gasteiger partial charge in [-0.2, -0.15) is 0 Å². The fourth-order valence-electron chi connectivity index (χ4n) is 3.50. The van der Waals surface area contributed by atoms with E-state index in [4.69, 9.17) is 9.47 Å². The molecule has 13 heteroatoms. The summed E-state index contributed by atoms with van der Waals surface area (Å²) >= 11 is 0. The van der Waals surface area contributed by atoms with Gasteiger partial charge in [0.2, 0.25) is 10.0 Å². The van der Waals surface area contributed by atoms with Crippen molar-refractivity contribution >= 4 is 27.0 Å². The summed E-state index contributed by atoms with van der Waals surface area (Å²) in [7, 11) is -0.637. The van der Waals surface area contributed by atoms with Gasteiger partial charge in [0.05, 0.1) is 24.4 Å². The Morgan fingerprint density at radius 2 is 1.94 bits per heavy atom. The van der Waals surface area contributed by atoms with Crippen molar-refractivity contribution in [3.63, 3.8) is 0 Å². The predicted octanol–water partition coefficient (Wildman–Crippen LogP) is -0.388. The summed E-state index contributed by atoms with van der Waals surface area (Å²) in [5, 5.41) is 23.7. The Labute approximate surface area is 184 Å². The van der Waals surface area contributed by atoms with Gasteiger partial charge in [0.25, 0.3) is 0 Å². The first-order valence-corrected chi connectivity index (χ1v) is 11.3. The molecule has 32 heavy (non-hydrogen) atoms. The second kappa shape index (κ2) is 9.05. The molecular formula is C19H24N6O6S. The van der Waals surface area contributed by atoms with Crippen LogP contribution in [0.4, 0.5) is 5.82 Å². The Balaban J connectivity index is 1.65. The van der Waals surface area contributed by atoms with Crippen LogP contribution < -0.4 is 10.0 Å². The molecule has 0 saturated carbocycles. The highest BCUT2D eigenvalue weighted by Crippen LogP contribution is 2.32. The minimum atomic E-state index is -3.76. The zero-order valence-electron chi connectivity index (χ0n) is 17.4. The molecule has 2 aromatic heterocycles. The zero-order valence-corrected chi connectivity index (χ0v) is 18.2. The average Bonchev–Trinajstić information content (AvgIpc) is 3.34. The third-order valence-electron chi connectivity index (χ3n) is 5.12. The Morgan fingerprint density at radius 1 is 1.19 bits per heavy atom. The van der Waals surface area contributed by atoms with Gasteiger partial charge in [-0.15, -0.1) is 0 Å². The molecule has 3 heterocycles. The highest BCUT2D eigenvalue weighted by Gasteiger charge is 2.44. The number of nitrogens with one attached hydrogen (secondary N) is 2. The lowest BCUT2D eigenvalue weighted by Crippen LogP contribution is -2.33. The maximum absolute atomic E-state index is 12.5. The first kappa shape index (κ1) is 22.5. The highest BCUT2D eigenvalue weighted by atomic mass is 32.2. The molecular weight excluding hydrogens is 440 g/mol. The Morgan fingerprint density at radius 3 is 2.62 bits per heavy atom. The van der Waals surface area contributed by atoms with E-state index in [2.05, 4.69) is 25.0 Å². The van der Waals surface area contributed by atoms with Crippen molar-refractivity contribution in [1.82, 2.24) is 24.2 Å². The van der Waals surface area contributed by atoms with E-state index in [1.54, 1.807) is 25.2 Å². The summed E-state index contributed by atoms with van der Waals surface area (Å²) in [5.74, 6) is 0.564. The monoisotopic (exact) mass is 464 g/mol. The van der Waals surface area contributed by atoms with Crippen molar-refractivity contribution in [3.8, 4) is 0 Å². The van der Waals surface area contributed by atoms with Crippen LogP contribution in [0, 0.1) is 0 Å². The second-order valence-corrected chi connectivity index (χ2v) is 8.97. The van der Waals surface area contributed by atoms with Crippen molar-refractivity contribution in [2.45, 2.75) is 36.0 Å². The van der Waals surface area contributed by atoms with Gasteiger partial charge in [-0.05, 0) is 12.1 Å². The molecule has 1 saturated heterocycles. The average molecular weight is 465 g/mol. The first-order valence-electron chi connectivity index (χ1n) is 9.82. The Hall–Kier alpha value is -2.68. The number of anilines is 1. The van der Waals surface area contributed by atoms with Crippen LogP contribution in [-0.4, -0.2) is 77.2 Å². The minimum absolute atomic E-state index is 0.102. The molecule has 0 spiro atoms. The van der Waals surface area contributed by atoms with Crippen LogP contribution in [0.25, 0.3) is 11.2 Å². The van der Waals surface area contributed by atoms with Gasteiger partial charge in [-0.1, -0.05) is 18.2 Å². The number of aliphatic hydroxyl groups excluding tert-OH is 2. The van der Waals surface area contributed by atoms with Crippen LogP contribution in [0.1, 0.15) is 12.1 Å². The highest BCUT2D eigenvalue weighted by molar-refractivity contribution is 7.89. The van der Waals surface area contributed by atoms with E-state index in [1.165, 1.54) is 30.1 Å². The molecule has 4 N–H and O–H groups in total. The number of rotatable bonds is 8. The molecule has 1 aliphatic rings. The number of hydrogen-bond acceptors (Lipinski definition) is 10. The number of nitrogens with zero attached hydrogens (tertiary/aromatic N) is 4. The van der Waals surface area contributed by atoms with Gasteiger partial charge >= 0.3 is 0 Å². The van der Waals surface area contributed by atoms with Crippen LogP contribution in [0.15, 0.2) is 41.6 Å². The normalized spacial score (nSPS) is 23.6. The number of imidazole rings is 1. The van der Waals surface area contributed by atoms with E-state index >= 15 is 0 Å². The topological polar surface area (TPSA) is 161 Å². The smallest absolute Gasteiger partial charge is 0.240 e. The number of ether oxygens (including phenoxy) is 2. The van der Waals surface area contributed by atoms with Crippen molar-refractivity contribution < 1.29 is 28.1 Å². The molecule has 0 unspecified atom stereocenters. The van der Waals surface area contributed by atoms with Crippen LogP contribution >= 0.6 is 0 Å². The van der Waals surface area contributed by atoms with E-state index in [0.717, 1.165) is 0 Å². The zero-order chi connectivity index (χ0) is 22.9. The van der Waals surface area contributed by atoms with Gasteiger partial charge in [0.1, 0.15) is 24.1 Å². The standard InChI is InChI=1S/C19H24N6O6S/c1-20-17-14-18(25(10-21-14)19-16(27)15(26)12(31-19)9-30-2)24-13(23-17)8-22-32(28,29)11-6-4-3-5-7-11/h3-7,10,12,15-16,19,22,26-27H,8-9H2,1-2H3,(H,20,23,24)/t12-,15-,16-,19-/m1/s1. The number of sulfonamides is 1. The number of methoxy groups -OCH3 is 1. The van der Waals surface area contributed by atoms with Gasteiger partial charge in [-0.25, -0.2) is 28.1 Å². The quantitative estimate of drug-likeness (QED) is 0.346. The molecule has 172 valence electrons. The van der Waals surface area contributed by atoms with E-state index < -0.39 is 34.6 Å². The fourth-order valence-corrected chi connectivity index (χ4v) is 4.51. The SMILES string of the molecule is CNc1nc(CNS(=O)(=O)c2ccccc2)nc2c1ncn2[C@@H]1O[C@H](COC)[C@@H](O)[C@H]1O. The van der Waals surface area contributed by atoms with Crippen molar-refractivity contribution in [2.75, 3.05) is 26.1 Å². The van der Waals surface area contributed by atoms with E-state index in [9.17, 15) is 18.6 Å². The lowest BCUT2D eigenvalue weighted by Gasteiger charge is -2.17. The number of hydrogen-bond donors (Lipinski definition) is 4. The van der Waals surface area contributed by atoms with E-state index in [0.29, 0.717) is 17.0 Å². The lowest BCUT2D eigenvalue weighted by atomic mass is 10.1. The van der Waals surface area contributed by atoms with Crippen LogP contribution in [0.5, 0.6) is 0 Å². The van der Waals surface area contributed by atoms with Gasteiger partial charge < -0.3 is 25.0 Å². The summed E-state index contributed by atoms with van der Waals surface area (Å²) in [5.41, 5.74) is 0.718. The van der Waals surface area contributed by atoms with Crippen molar-refractivity contribution in [2.24, 2.45) is 0 Å². The van der Waals surface area contributed by atoms with Crippen molar-refractivity contribution in [3.05, 3.63) is 42.5 Å². The maximum atomic E-state index is 12.5.